The monoisotopic (exact) mass is 203 g/mol. The predicted octanol–water partition coefficient (Wildman–Crippen LogP) is 3.76. The smallest absolute Gasteiger partial charge is 0.0399 e. The highest BCUT2D eigenvalue weighted by atomic mass is 14.9. The molecule has 15 heavy (non-hydrogen) atoms. The van der Waals surface area contributed by atoms with Gasteiger partial charge in [-0.1, -0.05) is 31.5 Å². The zero-order chi connectivity index (χ0) is 10.8. The summed E-state index contributed by atoms with van der Waals surface area (Å²) in [5, 5.41) is 3.61. The molecule has 1 aliphatic carbocycles. The highest BCUT2D eigenvalue weighted by molar-refractivity contribution is 5.56. The second kappa shape index (κ2) is 4.26. The Balaban J connectivity index is 1.98. The molecule has 0 spiro atoms. The lowest BCUT2D eigenvalue weighted by atomic mass is 9.75. The molecular formula is C14H21N. The van der Waals surface area contributed by atoms with Crippen molar-refractivity contribution in [2.75, 3.05) is 11.9 Å². The van der Waals surface area contributed by atoms with E-state index in [1.807, 2.05) is 0 Å². The molecule has 0 saturated heterocycles. The predicted molar refractivity (Wildman–Crippen MR) is 66.3 cm³/mol. The molecule has 0 heterocycles. The fourth-order valence-electron chi connectivity index (χ4n) is 2.37. The van der Waals surface area contributed by atoms with Gasteiger partial charge in [0.15, 0.2) is 0 Å². The summed E-state index contributed by atoms with van der Waals surface area (Å²) < 4.78 is 0. The van der Waals surface area contributed by atoms with Crippen LogP contribution in [0.1, 0.15) is 30.9 Å². The minimum atomic E-state index is 0.893. The van der Waals surface area contributed by atoms with Crippen LogP contribution >= 0.6 is 0 Å². The number of benzene rings is 1. The maximum atomic E-state index is 3.61. The molecule has 82 valence electrons. The van der Waals surface area contributed by atoms with Gasteiger partial charge in [0.2, 0.25) is 0 Å². The Morgan fingerprint density at radius 1 is 1.20 bits per heavy atom. The van der Waals surface area contributed by atoms with Crippen LogP contribution in [-0.2, 0) is 0 Å². The molecule has 1 nitrogen and oxygen atoms in total. The third-order valence-electron chi connectivity index (χ3n) is 3.82. The summed E-state index contributed by atoms with van der Waals surface area (Å²) >= 11 is 0. The maximum Gasteiger partial charge on any atom is 0.0399 e. The lowest BCUT2D eigenvalue weighted by Gasteiger charge is -2.34. The van der Waals surface area contributed by atoms with E-state index in [0.29, 0.717) is 0 Å². The van der Waals surface area contributed by atoms with Gasteiger partial charge in [0.1, 0.15) is 0 Å². The fourth-order valence-corrected chi connectivity index (χ4v) is 2.37. The van der Waals surface area contributed by atoms with Gasteiger partial charge in [-0.05, 0) is 43.2 Å². The first-order valence-electron chi connectivity index (χ1n) is 5.98. The number of hydrogen-bond donors (Lipinski definition) is 1. The van der Waals surface area contributed by atoms with Crippen molar-refractivity contribution >= 4 is 5.69 Å². The lowest BCUT2D eigenvalue weighted by molar-refractivity contribution is 0.210. The molecule has 2 atom stereocenters. The van der Waals surface area contributed by atoms with Crippen LogP contribution in [-0.4, -0.2) is 6.54 Å². The van der Waals surface area contributed by atoms with E-state index in [4.69, 9.17) is 0 Å². The van der Waals surface area contributed by atoms with Crippen molar-refractivity contribution in [3.8, 4) is 0 Å². The van der Waals surface area contributed by atoms with Crippen molar-refractivity contribution in [3.63, 3.8) is 0 Å². The summed E-state index contributed by atoms with van der Waals surface area (Å²) in [6.07, 6.45) is 2.82. The first kappa shape index (κ1) is 10.5. The third-order valence-corrected chi connectivity index (χ3v) is 3.82. The molecule has 1 heteroatoms. The molecule has 0 radical (unpaired) electrons. The van der Waals surface area contributed by atoms with Gasteiger partial charge in [0.25, 0.3) is 0 Å². The average Bonchev–Trinajstić information content (AvgIpc) is 2.20. The summed E-state index contributed by atoms with van der Waals surface area (Å²) in [6.45, 7) is 7.87. The molecule has 0 aromatic heterocycles. The number of hydrogen-bond acceptors (Lipinski definition) is 1. The molecule has 2 rings (SSSR count). The Labute approximate surface area is 92.9 Å². The second-order valence-corrected chi connectivity index (χ2v) is 4.96. The summed E-state index contributed by atoms with van der Waals surface area (Å²) in [6, 6.07) is 6.49. The van der Waals surface area contributed by atoms with Crippen LogP contribution in [0.25, 0.3) is 0 Å². The average molecular weight is 203 g/mol. The van der Waals surface area contributed by atoms with Crippen LogP contribution in [0.2, 0.25) is 0 Å². The van der Waals surface area contributed by atoms with Gasteiger partial charge in [-0.15, -0.1) is 0 Å². The zero-order valence-electron chi connectivity index (χ0n) is 10.0. The SMILES string of the molecule is Cc1cccc(C)c1NC[C@@H]1CC[C@@H]1C. The quantitative estimate of drug-likeness (QED) is 0.788. The van der Waals surface area contributed by atoms with E-state index in [0.717, 1.165) is 18.4 Å². The topological polar surface area (TPSA) is 12.0 Å². The highest BCUT2D eigenvalue weighted by Crippen LogP contribution is 2.34. The fraction of sp³-hybridized carbons (Fsp3) is 0.571. The Hall–Kier alpha value is -0.980. The molecule has 0 bridgehead atoms. The molecule has 0 amide bonds. The Morgan fingerprint density at radius 3 is 2.33 bits per heavy atom. The van der Waals surface area contributed by atoms with Crippen molar-refractivity contribution in [2.45, 2.75) is 33.6 Å². The van der Waals surface area contributed by atoms with Crippen LogP contribution in [0.4, 0.5) is 5.69 Å². The first-order chi connectivity index (χ1) is 7.18. The van der Waals surface area contributed by atoms with E-state index in [-0.39, 0.29) is 0 Å². The van der Waals surface area contributed by atoms with Gasteiger partial charge in [-0.2, -0.15) is 0 Å². The molecule has 1 N–H and O–H groups in total. The molecule has 1 aliphatic rings. The van der Waals surface area contributed by atoms with Gasteiger partial charge < -0.3 is 5.32 Å². The van der Waals surface area contributed by atoms with E-state index in [1.54, 1.807) is 0 Å². The van der Waals surface area contributed by atoms with Crippen molar-refractivity contribution in [1.82, 2.24) is 0 Å². The number of rotatable bonds is 3. The van der Waals surface area contributed by atoms with Gasteiger partial charge in [-0.25, -0.2) is 0 Å². The van der Waals surface area contributed by atoms with E-state index >= 15 is 0 Å². The van der Waals surface area contributed by atoms with E-state index in [2.05, 4.69) is 44.3 Å². The van der Waals surface area contributed by atoms with Crippen LogP contribution in [0, 0.1) is 25.7 Å². The zero-order valence-corrected chi connectivity index (χ0v) is 10.0. The molecule has 1 saturated carbocycles. The highest BCUT2D eigenvalue weighted by Gasteiger charge is 2.26. The normalized spacial score (nSPS) is 24.7. The van der Waals surface area contributed by atoms with E-state index < -0.39 is 0 Å². The molecular weight excluding hydrogens is 182 g/mol. The van der Waals surface area contributed by atoms with Crippen LogP contribution in [0.3, 0.4) is 0 Å². The molecule has 1 aromatic rings. The van der Waals surface area contributed by atoms with Gasteiger partial charge in [0.05, 0.1) is 0 Å². The maximum absolute atomic E-state index is 3.61. The number of para-hydroxylation sites is 1. The largest absolute Gasteiger partial charge is 0.384 e. The Morgan fingerprint density at radius 2 is 1.87 bits per heavy atom. The summed E-state index contributed by atoms with van der Waals surface area (Å²) in [4.78, 5) is 0. The Kier molecular flexibility index (Phi) is 2.99. The Bertz CT molecular complexity index is 323. The van der Waals surface area contributed by atoms with Crippen LogP contribution in [0.5, 0.6) is 0 Å². The summed E-state index contributed by atoms with van der Waals surface area (Å²) in [5.41, 5.74) is 4.07. The van der Waals surface area contributed by atoms with Gasteiger partial charge in [-0.3, -0.25) is 0 Å². The van der Waals surface area contributed by atoms with E-state index in [9.17, 15) is 0 Å². The van der Waals surface area contributed by atoms with Crippen molar-refractivity contribution in [3.05, 3.63) is 29.3 Å². The molecule has 1 fully saturated rings. The van der Waals surface area contributed by atoms with Crippen LogP contribution < -0.4 is 5.32 Å². The minimum absolute atomic E-state index is 0.893. The standard InChI is InChI=1S/C14H21N/c1-10-7-8-13(10)9-15-14-11(2)5-4-6-12(14)3/h4-6,10,13,15H,7-9H2,1-3H3/t10-,13-/m0/s1. The first-order valence-corrected chi connectivity index (χ1v) is 5.98. The number of nitrogens with one attached hydrogen (secondary N) is 1. The molecule has 0 unspecified atom stereocenters. The lowest BCUT2D eigenvalue weighted by Crippen LogP contribution is -2.29. The van der Waals surface area contributed by atoms with Crippen molar-refractivity contribution in [1.29, 1.82) is 0 Å². The number of anilines is 1. The van der Waals surface area contributed by atoms with Gasteiger partial charge in [0, 0.05) is 12.2 Å². The van der Waals surface area contributed by atoms with E-state index in [1.165, 1.54) is 29.7 Å². The van der Waals surface area contributed by atoms with Gasteiger partial charge >= 0.3 is 0 Å². The minimum Gasteiger partial charge on any atom is -0.384 e. The van der Waals surface area contributed by atoms with Crippen molar-refractivity contribution in [2.24, 2.45) is 11.8 Å². The third kappa shape index (κ3) is 2.17. The summed E-state index contributed by atoms with van der Waals surface area (Å²) in [5.74, 6) is 1.81. The number of aryl methyl sites for hydroxylation is 2. The second-order valence-electron chi connectivity index (χ2n) is 4.96. The van der Waals surface area contributed by atoms with Crippen molar-refractivity contribution < 1.29 is 0 Å². The molecule has 0 aliphatic heterocycles. The van der Waals surface area contributed by atoms with Crippen LogP contribution in [0.15, 0.2) is 18.2 Å². The summed E-state index contributed by atoms with van der Waals surface area (Å²) in [7, 11) is 0. The molecule has 1 aromatic carbocycles.